The van der Waals surface area contributed by atoms with E-state index in [1.54, 1.807) is 24.3 Å². The quantitative estimate of drug-likeness (QED) is 0.444. The fourth-order valence-corrected chi connectivity index (χ4v) is 3.09. The van der Waals surface area contributed by atoms with Crippen LogP contribution >= 0.6 is 0 Å². The number of benzene rings is 2. The SMILES string of the molecule is CC(C)CN(C[C@H](O)C(=O)OCc1ccccc1)C(=O)N[C@@H](Cc1ccc(F)cc1)C(=O)O. The summed E-state index contributed by atoms with van der Waals surface area (Å²) < 4.78 is 18.2. The number of aliphatic carboxylic acids is 1. The van der Waals surface area contributed by atoms with Crippen LogP contribution in [0.2, 0.25) is 0 Å². The number of urea groups is 1. The van der Waals surface area contributed by atoms with Gasteiger partial charge in [0, 0.05) is 13.0 Å². The molecule has 2 aromatic carbocycles. The third-order valence-corrected chi connectivity index (χ3v) is 4.71. The van der Waals surface area contributed by atoms with E-state index in [9.17, 15) is 29.0 Å². The summed E-state index contributed by atoms with van der Waals surface area (Å²) in [5, 5.41) is 22.2. The van der Waals surface area contributed by atoms with E-state index in [0.717, 1.165) is 5.56 Å². The van der Waals surface area contributed by atoms with Gasteiger partial charge in [-0.15, -0.1) is 0 Å². The van der Waals surface area contributed by atoms with E-state index in [-0.39, 0.29) is 32.0 Å². The van der Waals surface area contributed by atoms with E-state index >= 15 is 0 Å². The lowest BCUT2D eigenvalue weighted by molar-refractivity contribution is -0.155. The lowest BCUT2D eigenvalue weighted by Crippen LogP contribution is -2.52. The van der Waals surface area contributed by atoms with E-state index in [2.05, 4.69) is 5.32 Å². The van der Waals surface area contributed by atoms with Crippen molar-refractivity contribution >= 4 is 18.0 Å². The number of nitrogens with one attached hydrogen (secondary N) is 1. The van der Waals surface area contributed by atoms with Gasteiger partial charge in [0.25, 0.3) is 0 Å². The Balaban J connectivity index is 2.00. The molecule has 2 rings (SSSR count). The molecule has 0 bridgehead atoms. The van der Waals surface area contributed by atoms with Gasteiger partial charge < -0.3 is 25.2 Å². The first-order valence-corrected chi connectivity index (χ1v) is 10.6. The molecule has 0 aliphatic heterocycles. The predicted octanol–water partition coefficient (Wildman–Crippen LogP) is 2.59. The molecule has 0 saturated carbocycles. The molecule has 33 heavy (non-hydrogen) atoms. The van der Waals surface area contributed by atoms with E-state index in [1.165, 1.54) is 29.2 Å². The number of amides is 2. The average molecular weight is 461 g/mol. The van der Waals surface area contributed by atoms with Crippen molar-refractivity contribution in [3.63, 3.8) is 0 Å². The van der Waals surface area contributed by atoms with Gasteiger partial charge in [0.2, 0.25) is 0 Å². The highest BCUT2D eigenvalue weighted by molar-refractivity contribution is 5.83. The molecule has 8 nitrogen and oxygen atoms in total. The Kier molecular flexibility index (Phi) is 9.81. The topological polar surface area (TPSA) is 116 Å². The van der Waals surface area contributed by atoms with Crippen molar-refractivity contribution in [3.05, 3.63) is 71.5 Å². The highest BCUT2D eigenvalue weighted by atomic mass is 19.1. The van der Waals surface area contributed by atoms with Gasteiger partial charge in [-0.25, -0.2) is 18.8 Å². The van der Waals surface area contributed by atoms with Crippen molar-refractivity contribution in [1.82, 2.24) is 10.2 Å². The van der Waals surface area contributed by atoms with E-state index in [4.69, 9.17) is 4.74 Å². The maximum absolute atomic E-state index is 13.1. The number of carbonyl (C=O) groups excluding carboxylic acids is 2. The zero-order valence-corrected chi connectivity index (χ0v) is 18.6. The monoisotopic (exact) mass is 460 g/mol. The highest BCUT2D eigenvalue weighted by Crippen LogP contribution is 2.09. The molecule has 0 fully saturated rings. The molecule has 2 aromatic rings. The molecule has 9 heteroatoms. The number of aliphatic hydroxyl groups excluding tert-OH is 1. The Morgan fingerprint density at radius 3 is 2.21 bits per heavy atom. The molecular weight excluding hydrogens is 431 g/mol. The summed E-state index contributed by atoms with van der Waals surface area (Å²) >= 11 is 0. The van der Waals surface area contributed by atoms with Crippen molar-refractivity contribution in [2.45, 2.75) is 39.0 Å². The molecule has 0 heterocycles. The van der Waals surface area contributed by atoms with Crippen LogP contribution in [0, 0.1) is 11.7 Å². The van der Waals surface area contributed by atoms with E-state index < -0.39 is 35.9 Å². The molecule has 0 spiro atoms. The van der Waals surface area contributed by atoms with Crippen molar-refractivity contribution in [1.29, 1.82) is 0 Å². The summed E-state index contributed by atoms with van der Waals surface area (Å²) in [5.41, 5.74) is 1.28. The number of carboxylic acids is 1. The number of aliphatic hydroxyl groups is 1. The lowest BCUT2D eigenvalue weighted by Gasteiger charge is -2.28. The third kappa shape index (κ3) is 8.89. The van der Waals surface area contributed by atoms with Gasteiger partial charge in [-0.3, -0.25) is 0 Å². The Hall–Kier alpha value is -3.46. The minimum atomic E-state index is -1.60. The highest BCUT2D eigenvalue weighted by Gasteiger charge is 2.28. The number of carboxylic acid groups (broad SMARTS) is 1. The minimum absolute atomic E-state index is 0.0105. The number of halogens is 1. The fourth-order valence-electron chi connectivity index (χ4n) is 3.09. The lowest BCUT2D eigenvalue weighted by atomic mass is 10.1. The van der Waals surface area contributed by atoms with Gasteiger partial charge >= 0.3 is 18.0 Å². The molecule has 0 aromatic heterocycles. The molecule has 178 valence electrons. The van der Waals surface area contributed by atoms with Crippen molar-refractivity contribution < 1.29 is 33.7 Å². The van der Waals surface area contributed by atoms with Crippen LogP contribution in [0.4, 0.5) is 9.18 Å². The first-order chi connectivity index (χ1) is 15.7. The van der Waals surface area contributed by atoms with Gasteiger partial charge in [-0.2, -0.15) is 0 Å². The number of ether oxygens (including phenoxy) is 1. The van der Waals surface area contributed by atoms with Crippen molar-refractivity contribution in [2.24, 2.45) is 5.92 Å². The Labute approximate surface area is 192 Å². The second-order valence-electron chi connectivity index (χ2n) is 8.08. The Bertz CT molecular complexity index is 920. The van der Waals surface area contributed by atoms with Gasteiger partial charge in [0.15, 0.2) is 6.10 Å². The Morgan fingerprint density at radius 1 is 1.00 bits per heavy atom. The fraction of sp³-hybridized carbons (Fsp3) is 0.375. The summed E-state index contributed by atoms with van der Waals surface area (Å²) in [6, 6.07) is 12.2. The molecule has 0 unspecified atom stereocenters. The number of esters is 1. The first kappa shape index (κ1) is 25.8. The van der Waals surface area contributed by atoms with Crippen LogP contribution in [-0.2, 0) is 27.4 Å². The zero-order chi connectivity index (χ0) is 24.4. The third-order valence-electron chi connectivity index (χ3n) is 4.71. The average Bonchev–Trinajstić information content (AvgIpc) is 2.78. The van der Waals surface area contributed by atoms with Crippen LogP contribution in [0.15, 0.2) is 54.6 Å². The summed E-state index contributed by atoms with van der Waals surface area (Å²) in [6.45, 7) is 3.48. The number of hydrogen-bond acceptors (Lipinski definition) is 5. The van der Waals surface area contributed by atoms with Crippen LogP contribution in [0.1, 0.15) is 25.0 Å². The van der Waals surface area contributed by atoms with Gasteiger partial charge in [-0.1, -0.05) is 56.3 Å². The smallest absolute Gasteiger partial charge is 0.337 e. The largest absolute Gasteiger partial charge is 0.480 e. The van der Waals surface area contributed by atoms with Gasteiger partial charge in [-0.05, 0) is 29.2 Å². The standard InChI is InChI=1S/C24H29FN2O6/c1-16(2)13-27(14-21(28)23(31)33-15-18-6-4-3-5-7-18)24(32)26-20(22(29)30)12-17-8-10-19(25)11-9-17/h3-11,16,20-21,28H,12-15H2,1-2H3,(H,26,32)(H,29,30)/t20-,21-/m0/s1. The van der Waals surface area contributed by atoms with Crippen LogP contribution in [0.25, 0.3) is 0 Å². The summed E-state index contributed by atoms with van der Waals surface area (Å²) in [6.07, 6.45) is -1.66. The maximum Gasteiger partial charge on any atom is 0.337 e. The molecule has 2 atom stereocenters. The van der Waals surface area contributed by atoms with E-state index in [0.29, 0.717) is 5.56 Å². The Morgan fingerprint density at radius 2 is 1.64 bits per heavy atom. The molecule has 0 saturated heterocycles. The summed E-state index contributed by atoms with van der Waals surface area (Å²) in [4.78, 5) is 37.9. The normalized spacial score (nSPS) is 12.6. The molecule has 2 amide bonds. The van der Waals surface area contributed by atoms with Crippen LogP contribution < -0.4 is 5.32 Å². The van der Waals surface area contributed by atoms with Crippen molar-refractivity contribution in [3.8, 4) is 0 Å². The molecule has 3 N–H and O–H groups in total. The summed E-state index contributed by atoms with van der Waals surface area (Å²) in [5.74, 6) is -2.61. The second kappa shape index (κ2) is 12.5. The van der Waals surface area contributed by atoms with Gasteiger partial charge in [0.1, 0.15) is 18.5 Å². The van der Waals surface area contributed by atoms with Crippen LogP contribution in [0.5, 0.6) is 0 Å². The number of hydrogen-bond donors (Lipinski definition) is 3. The molecule has 0 aliphatic carbocycles. The molecular formula is C24H29FN2O6. The van der Waals surface area contributed by atoms with E-state index in [1.807, 2.05) is 19.9 Å². The van der Waals surface area contributed by atoms with Crippen LogP contribution in [-0.4, -0.2) is 58.3 Å². The number of rotatable bonds is 11. The maximum atomic E-state index is 13.1. The summed E-state index contributed by atoms with van der Waals surface area (Å²) in [7, 11) is 0. The molecule has 0 aliphatic rings. The van der Waals surface area contributed by atoms with Gasteiger partial charge in [0.05, 0.1) is 6.54 Å². The predicted molar refractivity (Wildman–Crippen MR) is 119 cm³/mol. The first-order valence-electron chi connectivity index (χ1n) is 10.6. The molecule has 0 radical (unpaired) electrons. The zero-order valence-electron chi connectivity index (χ0n) is 18.6. The number of nitrogens with zero attached hydrogens (tertiary/aromatic N) is 1. The second-order valence-corrected chi connectivity index (χ2v) is 8.08. The number of carbonyl (C=O) groups is 3. The van der Waals surface area contributed by atoms with Crippen LogP contribution in [0.3, 0.4) is 0 Å². The van der Waals surface area contributed by atoms with Crippen molar-refractivity contribution in [2.75, 3.05) is 13.1 Å². The minimum Gasteiger partial charge on any atom is -0.480 e.